The van der Waals surface area contributed by atoms with Crippen LogP contribution in [0.5, 0.6) is 17.2 Å². The second-order valence-electron chi connectivity index (χ2n) is 5.76. The standard InChI is InChI=1S/C16H12N4O6S/c1-27(23,24)11-4-2-9(3-5-11)26-10-6-12(16(21)22)15-13(7-10)25-8-14-17-18-19-20(14)15/h2-7H,8H2,1H3,(H,21,22). The third-order valence-corrected chi connectivity index (χ3v) is 5.00. The number of tetrazole rings is 1. The summed E-state index contributed by atoms with van der Waals surface area (Å²) in [7, 11) is -3.32. The Balaban J connectivity index is 1.73. The molecular weight excluding hydrogens is 376 g/mol. The predicted molar refractivity (Wildman–Crippen MR) is 90.1 cm³/mol. The summed E-state index contributed by atoms with van der Waals surface area (Å²) in [5.41, 5.74) is 0.122. The van der Waals surface area contributed by atoms with Gasteiger partial charge in [0.2, 0.25) is 0 Å². The van der Waals surface area contributed by atoms with Crippen LogP contribution in [-0.2, 0) is 16.4 Å². The third kappa shape index (κ3) is 3.08. The Morgan fingerprint density at radius 2 is 1.96 bits per heavy atom. The number of aromatic carboxylic acids is 1. The molecule has 0 atom stereocenters. The van der Waals surface area contributed by atoms with E-state index in [1.54, 1.807) is 0 Å². The lowest BCUT2D eigenvalue weighted by atomic mass is 10.1. The fraction of sp³-hybridized carbons (Fsp3) is 0.125. The van der Waals surface area contributed by atoms with Crippen molar-refractivity contribution in [2.45, 2.75) is 11.5 Å². The van der Waals surface area contributed by atoms with Gasteiger partial charge in [0.1, 0.15) is 29.5 Å². The number of hydrogen-bond acceptors (Lipinski definition) is 8. The molecule has 138 valence electrons. The number of rotatable bonds is 4. The van der Waals surface area contributed by atoms with Crippen LogP contribution in [0.25, 0.3) is 5.69 Å². The van der Waals surface area contributed by atoms with Gasteiger partial charge in [0, 0.05) is 12.3 Å². The van der Waals surface area contributed by atoms with Crippen molar-refractivity contribution in [2.24, 2.45) is 0 Å². The molecule has 0 amide bonds. The molecular formula is C16H12N4O6S. The molecule has 0 saturated carbocycles. The second-order valence-corrected chi connectivity index (χ2v) is 7.78. The number of carboxylic acids is 1. The fourth-order valence-electron chi connectivity index (χ4n) is 2.64. The minimum atomic E-state index is -3.32. The monoisotopic (exact) mass is 388 g/mol. The SMILES string of the molecule is CS(=O)(=O)c1ccc(Oc2cc3c(c(C(=O)O)c2)-n2nnnc2CO3)cc1. The molecule has 0 fully saturated rings. The molecule has 1 aliphatic heterocycles. The van der Waals surface area contributed by atoms with Crippen LogP contribution in [0, 0.1) is 0 Å². The van der Waals surface area contributed by atoms with Crippen molar-refractivity contribution >= 4 is 15.8 Å². The number of aromatic nitrogens is 4. The Hall–Kier alpha value is -3.47. The van der Waals surface area contributed by atoms with Crippen molar-refractivity contribution in [1.82, 2.24) is 20.2 Å². The quantitative estimate of drug-likeness (QED) is 0.704. The zero-order valence-corrected chi connectivity index (χ0v) is 14.7. The van der Waals surface area contributed by atoms with Gasteiger partial charge in [0.25, 0.3) is 0 Å². The molecule has 0 unspecified atom stereocenters. The van der Waals surface area contributed by atoms with E-state index in [2.05, 4.69) is 15.5 Å². The minimum Gasteiger partial charge on any atom is -0.483 e. The summed E-state index contributed by atoms with van der Waals surface area (Å²) in [4.78, 5) is 11.9. The highest BCUT2D eigenvalue weighted by molar-refractivity contribution is 7.90. The Labute approximate surface area is 152 Å². The highest BCUT2D eigenvalue weighted by Crippen LogP contribution is 2.37. The number of fused-ring (bicyclic) bond motifs is 3. The van der Waals surface area contributed by atoms with Crippen LogP contribution < -0.4 is 9.47 Å². The summed E-state index contributed by atoms with van der Waals surface area (Å²) in [5, 5.41) is 20.7. The van der Waals surface area contributed by atoms with Crippen LogP contribution in [0.2, 0.25) is 0 Å². The van der Waals surface area contributed by atoms with E-state index in [9.17, 15) is 18.3 Å². The van der Waals surface area contributed by atoms with Crippen molar-refractivity contribution < 1.29 is 27.8 Å². The number of benzene rings is 2. The lowest BCUT2D eigenvalue weighted by Crippen LogP contribution is -2.18. The van der Waals surface area contributed by atoms with E-state index in [0.717, 1.165) is 6.26 Å². The maximum atomic E-state index is 11.7. The first-order chi connectivity index (χ1) is 12.8. The zero-order chi connectivity index (χ0) is 19.2. The maximum absolute atomic E-state index is 11.7. The van der Waals surface area contributed by atoms with E-state index in [4.69, 9.17) is 9.47 Å². The first kappa shape index (κ1) is 17.0. The van der Waals surface area contributed by atoms with E-state index < -0.39 is 15.8 Å². The first-order valence-corrected chi connectivity index (χ1v) is 9.52. The summed E-state index contributed by atoms with van der Waals surface area (Å²) < 4.78 is 35.6. The van der Waals surface area contributed by atoms with Crippen LogP contribution in [0.3, 0.4) is 0 Å². The molecule has 1 aliphatic rings. The number of hydrogen-bond donors (Lipinski definition) is 1. The topological polar surface area (TPSA) is 134 Å². The molecule has 0 saturated heterocycles. The van der Waals surface area contributed by atoms with Crippen molar-refractivity contribution in [1.29, 1.82) is 0 Å². The van der Waals surface area contributed by atoms with Gasteiger partial charge in [-0.1, -0.05) is 0 Å². The highest BCUT2D eigenvalue weighted by atomic mass is 32.2. The average Bonchev–Trinajstić information content (AvgIpc) is 3.09. The van der Waals surface area contributed by atoms with Crippen LogP contribution >= 0.6 is 0 Å². The molecule has 2 heterocycles. The molecule has 3 aromatic rings. The molecule has 0 aliphatic carbocycles. The molecule has 11 heteroatoms. The van der Waals surface area contributed by atoms with Gasteiger partial charge in [0.05, 0.1) is 10.5 Å². The van der Waals surface area contributed by atoms with Gasteiger partial charge in [-0.25, -0.2) is 13.2 Å². The van der Waals surface area contributed by atoms with Gasteiger partial charge in [0.15, 0.2) is 15.7 Å². The van der Waals surface area contributed by atoms with E-state index in [1.807, 2.05) is 0 Å². The molecule has 10 nitrogen and oxygen atoms in total. The number of sulfone groups is 1. The summed E-state index contributed by atoms with van der Waals surface area (Å²) in [5.74, 6) is 0.0101. The van der Waals surface area contributed by atoms with E-state index >= 15 is 0 Å². The van der Waals surface area contributed by atoms with Crippen LogP contribution in [0.1, 0.15) is 16.2 Å². The largest absolute Gasteiger partial charge is 0.483 e. The van der Waals surface area contributed by atoms with Crippen LogP contribution in [0.15, 0.2) is 41.3 Å². The fourth-order valence-corrected chi connectivity index (χ4v) is 3.27. The molecule has 0 radical (unpaired) electrons. The Morgan fingerprint density at radius 3 is 2.63 bits per heavy atom. The molecule has 0 spiro atoms. The Bertz CT molecular complexity index is 1150. The lowest BCUT2D eigenvalue weighted by Gasteiger charge is -2.20. The van der Waals surface area contributed by atoms with E-state index in [1.165, 1.54) is 41.1 Å². The van der Waals surface area contributed by atoms with Crippen LogP contribution in [-0.4, -0.2) is 46.0 Å². The minimum absolute atomic E-state index is 0.0889. The number of ether oxygens (including phenoxy) is 2. The van der Waals surface area contributed by atoms with Gasteiger partial charge in [-0.05, 0) is 40.8 Å². The average molecular weight is 388 g/mol. The first-order valence-electron chi connectivity index (χ1n) is 7.62. The normalized spacial score (nSPS) is 12.6. The molecule has 0 bridgehead atoms. The summed E-state index contributed by atoms with van der Waals surface area (Å²) in [6.07, 6.45) is 1.11. The zero-order valence-electron chi connectivity index (χ0n) is 13.9. The van der Waals surface area contributed by atoms with E-state index in [-0.39, 0.29) is 34.3 Å². The Kier molecular flexibility index (Phi) is 3.81. The predicted octanol–water partition coefficient (Wildman–Crippen LogP) is 1.45. The van der Waals surface area contributed by atoms with Crippen molar-refractivity contribution in [3.63, 3.8) is 0 Å². The van der Waals surface area contributed by atoms with Crippen LogP contribution in [0.4, 0.5) is 0 Å². The summed E-state index contributed by atoms with van der Waals surface area (Å²) >= 11 is 0. The molecule has 4 rings (SSSR count). The van der Waals surface area contributed by atoms with Gasteiger partial charge >= 0.3 is 5.97 Å². The number of carbonyl (C=O) groups is 1. The smallest absolute Gasteiger partial charge is 0.338 e. The summed E-state index contributed by atoms with van der Waals surface area (Å²) in [6.45, 7) is 0.0889. The summed E-state index contributed by atoms with van der Waals surface area (Å²) in [6, 6.07) is 8.63. The van der Waals surface area contributed by atoms with Gasteiger partial charge in [-0.15, -0.1) is 5.10 Å². The lowest BCUT2D eigenvalue weighted by molar-refractivity contribution is 0.0695. The van der Waals surface area contributed by atoms with Gasteiger partial charge < -0.3 is 14.6 Å². The Morgan fingerprint density at radius 1 is 1.22 bits per heavy atom. The molecule has 2 aromatic carbocycles. The van der Waals surface area contributed by atoms with Crippen molar-refractivity contribution in [3.05, 3.63) is 47.8 Å². The molecule has 1 N–H and O–H groups in total. The van der Waals surface area contributed by atoms with Crippen molar-refractivity contribution in [2.75, 3.05) is 6.26 Å². The number of carboxylic acid groups (broad SMARTS) is 1. The van der Waals surface area contributed by atoms with E-state index in [0.29, 0.717) is 11.6 Å². The second kappa shape index (κ2) is 6.06. The molecule has 1 aromatic heterocycles. The molecule has 27 heavy (non-hydrogen) atoms. The van der Waals surface area contributed by atoms with Gasteiger partial charge in [-0.2, -0.15) is 4.68 Å². The highest BCUT2D eigenvalue weighted by Gasteiger charge is 2.27. The maximum Gasteiger partial charge on any atom is 0.338 e. The number of nitrogens with zero attached hydrogens (tertiary/aromatic N) is 4. The van der Waals surface area contributed by atoms with Crippen molar-refractivity contribution in [3.8, 4) is 22.9 Å². The third-order valence-electron chi connectivity index (χ3n) is 3.87. The van der Waals surface area contributed by atoms with Gasteiger partial charge in [-0.3, -0.25) is 0 Å².